The molecule has 0 spiro atoms. The Balaban J connectivity index is 2.21. The van der Waals surface area contributed by atoms with Gasteiger partial charge >= 0.3 is 11.9 Å². The predicted molar refractivity (Wildman–Crippen MR) is 103 cm³/mol. The molecule has 0 radical (unpaired) electrons. The lowest BCUT2D eigenvalue weighted by atomic mass is 9.88. The minimum absolute atomic E-state index is 0.135. The molecule has 0 heterocycles. The van der Waals surface area contributed by atoms with Gasteiger partial charge in [0.15, 0.2) is 0 Å². The minimum Gasteiger partial charge on any atom is -0.478 e. The molecule has 0 aliphatic carbocycles. The van der Waals surface area contributed by atoms with E-state index in [0.717, 1.165) is 11.1 Å². The van der Waals surface area contributed by atoms with E-state index in [4.69, 9.17) is 5.73 Å². The molecular formula is C22H19NO4. The number of carboxylic acid groups (broad SMARTS) is 2. The fraction of sp³-hybridized carbons (Fsp3) is 0.0909. The molecule has 3 rings (SSSR count). The molecule has 3 aromatic rings. The molecule has 0 fully saturated rings. The summed E-state index contributed by atoms with van der Waals surface area (Å²) < 4.78 is 0. The van der Waals surface area contributed by atoms with Crippen LogP contribution in [0.25, 0.3) is 0 Å². The van der Waals surface area contributed by atoms with Crippen LogP contribution < -0.4 is 5.73 Å². The standard InChI is InChI=1S/C22H19NO4/c23-20-18(21(24)25)13-16(11-14-7-3-1-4-8-14)17(19(20)22(26)27)12-15-9-5-2-6-10-15/h1-10,13H,11-12,23H2,(H,24,25)(H,26,27). The second kappa shape index (κ2) is 7.74. The van der Waals surface area contributed by atoms with E-state index in [1.807, 2.05) is 60.7 Å². The first kappa shape index (κ1) is 18.2. The highest BCUT2D eigenvalue weighted by atomic mass is 16.4. The lowest BCUT2D eigenvalue weighted by Crippen LogP contribution is -2.15. The van der Waals surface area contributed by atoms with Gasteiger partial charge in [0.05, 0.1) is 16.8 Å². The predicted octanol–water partition coefficient (Wildman–Crippen LogP) is 3.85. The number of hydrogen-bond donors (Lipinski definition) is 3. The number of aromatic carboxylic acids is 2. The molecule has 0 atom stereocenters. The summed E-state index contributed by atoms with van der Waals surface area (Å²) >= 11 is 0. The van der Waals surface area contributed by atoms with Crippen molar-refractivity contribution < 1.29 is 19.8 Å². The molecule has 5 heteroatoms. The quantitative estimate of drug-likeness (QED) is 0.579. The Morgan fingerprint density at radius 2 is 1.30 bits per heavy atom. The van der Waals surface area contributed by atoms with Gasteiger partial charge in [0.2, 0.25) is 0 Å². The van der Waals surface area contributed by atoms with Gasteiger partial charge in [-0.2, -0.15) is 0 Å². The summed E-state index contributed by atoms with van der Waals surface area (Å²) in [6.07, 6.45) is 0.776. The molecule has 4 N–H and O–H groups in total. The SMILES string of the molecule is Nc1c(C(=O)O)cc(Cc2ccccc2)c(Cc2ccccc2)c1C(=O)O. The van der Waals surface area contributed by atoms with Crippen LogP contribution in [-0.2, 0) is 12.8 Å². The van der Waals surface area contributed by atoms with E-state index in [1.165, 1.54) is 6.07 Å². The summed E-state index contributed by atoms with van der Waals surface area (Å²) in [5, 5.41) is 19.2. The molecule has 0 aromatic heterocycles. The molecule has 136 valence electrons. The third-order valence-electron chi connectivity index (χ3n) is 4.47. The minimum atomic E-state index is -1.24. The summed E-state index contributed by atoms with van der Waals surface area (Å²) in [7, 11) is 0. The summed E-state index contributed by atoms with van der Waals surface area (Å²) in [5.74, 6) is -2.47. The number of benzene rings is 3. The van der Waals surface area contributed by atoms with E-state index in [1.54, 1.807) is 0 Å². The smallest absolute Gasteiger partial charge is 0.338 e. The number of anilines is 1. The van der Waals surface area contributed by atoms with Crippen molar-refractivity contribution in [1.29, 1.82) is 0 Å². The van der Waals surface area contributed by atoms with Crippen molar-refractivity contribution in [3.8, 4) is 0 Å². The fourth-order valence-electron chi connectivity index (χ4n) is 3.19. The zero-order valence-electron chi connectivity index (χ0n) is 14.6. The number of hydrogen-bond acceptors (Lipinski definition) is 3. The topological polar surface area (TPSA) is 101 Å². The van der Waals surface area contributed by atoms with Crippen molar-refractivity contribution >= 4 is 17.6 Å². The van der Waals surface area contributed by atoms with Crippen LogP contribution in [0.5, 0.6) is 0 Å². The molecule has 0 amide bonds. The average Bonchev–Trinajstić information content (AvgIpc) is 2.65. The zero-order chi connectivity index (χ0) is 19.4. The lowest BCUT2D eigenvalue weighted by molar-refractivity contribution is 0.0695. The van der Waals surface area contributed by atoms with Crippen molar-refractivity contribution in [2.75, 3.05) is 5.73 Å². The monoisotopic (exact) mass is 361 g/mol. The number of nitrogen functional groups attached to an aromatic ring is 1. The normalized spacial score (nSPS) is 10.5. The molecule has 0 aliphatic rings. The van der Waals surface area contributed by atoms with Gasteiger partial charge in [-0.1, -0.05) is 60.7 Å². The Bertz CT molecular complexity index is 982. The summed E-state index contributed by atoms with van der Waals surface area (Å²) in [5.41, 5.74) is 8.49. The average molecular weight is 361 g/mol. The van der Waals surface area contributed by atoms with E-state index in [0.29, 0.717) is 24.0 Å². The molecule has 27 heavy (non-hydrogen) atoms. The van der Waals surface area contributed by atoms with Crippen LogP contribution in [0.4, 0.5) is 5.69 Å². The Labute approximate surface area is 156 Å². The van der Waals surface area contributed by atoms with Crippen molar-refractivity contribution in [3.63, 3.8) is 0 Å². The Morgan fingerprint density at radius 3 is 1.78 bits per heavy atom. The molecule has 0 bridgehead atoms. The van der Waals surface area contributed by atoms with Gasteiger partial charge in [0, 0.05) is 0 Å². The van der Waals surface area contributed by atoms with Crippen molar-refractivity contribution in [2.45, 2.75) is 12.8 Å². The Kier molecular flexibility index (Phi) is 5.22. The van der Waals surface area contributed by atoms with E-state index in [-0.39, 0.29) is 16.8 Å². The number of carboxylic acids is 2. The van der Waals surface area contributed by atoms with Crippen LogP contribution >= 0.6 is 0 Å². The first-order valence-corrected chi connectivity index (χ1v) is 8.46. The molecule has 0 aliphatic heterocycles. The van der Waals surface area contributed by atoms with Crippen LogP contribution in [0.2, 0.25) is 0 Å². The van der Waals surface area contributed by atoms with Crippen LogP contribution in [0.1, 0.15) is 43.0 Å². The maximum atomic E-state index is 11.9. The van der Waals surface area contributed by atoms with E-state index in [9.17, 15) is 19.8 Å². The van der Waals surface area contributed by atoms with Crippen LogP contribution in [0, 0.1) is 0 Å². The first-order valence-electron chi connectivity index (χ1n) is 8.46. The molecule has 0 unspecified atom stereocenters. The van der Waals surface area contributed by atoms with E-state index >= 15 is 0 Å². The van der Waals surface area contributed by atoms with Gasteiger partial charge < -0.3 is 15.9 Å². The molecule has 3 aromatic carbocycles. The molecule has 5 nitrogen and oxygen atoms in total. The van der Waals surface area contributed by atoms with Gasteiger partial charge in [-0.05, 0) is 41.2 Å². The number of carbonyl (C=O) groups is 2. The van der Waals surface area contributed by atoms with E-state index < -0.39 is 11.9 Å². The number of nitrogens with two attached hydrogens (primary N) is 1. The highest BCUT2D eigenvalue weighted by Gasteiger charge is 2.24. The van der Waals surface area contributed by atoms with Crippen LogP contribution in [0.3, 0.4) is 0 Å². The second-order valence-electron chi connectivity index (χ2n) is 6.29. The molecule has 0 saturated carbocycles. The van der Waals surface area contributed by atoms with Crippen LogP contribution in [0.15, 0.2) is 66.7 Å². The third kappa shape index (κ3) is 3.98. The van der Waals surface area contributed by atoms with Gasteiger partial charge in [0.1, 0.15) is 0 Å². The van der Waals surface area contributed by atoms with Gasteiger partial charge in [0.25, 0.3) is 0 Å². The van der Waals surface area contributed by atoms with Crippen molar-refractivity contribution in [1.82, 2.24) is 0 Å². The van der Waals surface area contributed by atoms with Gasteiger partial charge in [-0.3, -0.25) is 0 Å². The largest absolute Gasteiger partial charge is 0.478 e. The van der Waals surface area contributed by atoms with Gasteiger partial charge in [-0.25, -0.2) is 9.59 Å². The third-order valence-corrected chi connectivity index (χ3v) is 4.47. The highest BCUT2D eigenvalue weighted by molar-refractivity contribution is 6.04. The summed E-state index contributed by atoms with van der Waals surface area (Å²) in [6, 6.07) is 20.4. The van der Waals surface area contributed by atoms with Crippen LogP contribution in [-0.4, -0.2) is 22.2 Å². The molecule has 0 saturated heterocycles. The van der Waals surface area contributed by atoms with Crippen molar-refractivity contribution in [3.05, 3.63) is 100 Å². The van der Waals surface area contributed by atoms with Gasteiger partial charge in [-0.15, -0.1) is 0 Å². The van der Waals surface area contributed by atoms with E-state index in [2.05, 4.69) is 0 Å². The fourth-order valence-corrected chi connectivity index (χ4v) is 3.19. The molecular weight excluding hydrogens is 342 g/mol. The summed E-state index contributed by atoms with van der Waals surface area (Å²) in [6.45, 7) is 0. The van der Waals surface area contributed by atoms with Crippen molar-refractivity contribution in [2.24, 2.45) is 0 Å². The number of rotatable bonds is 6. The Morgan fingerprint density at radius 1 is 0.778 bits per heavy atom. The summed E-state index contributed by atoms with van der Waals surface area (Å²) in [4.78, 5) is 23.5. The maximum absolute atomic E-state index is 11.9. The lowest BCUT2D eigenvalue weighted by Gasteiger charge is -2.17. The zero-order valence-corrected chi connectivity index (χ0v) is 14.6. The maximum Gasteiger partial charge on any atom is 0.338 e. The highest BCUT2D eigenvalue weighted by Crippen LogP contribution is 2.30. The Hall–Kier alpha value is -3.60. The first-order chi connectivity index (χ1) is 13.0. The second-order valence-corrected chi connectivity index (χ2v) is 6.29.